The Kier molecular flexibility index (Phi) is 2.97. The molecular weight excluding hydrogens is 260 g/mol. The maximum atomic E-state index is 10.3. The third-order valence-corrected chi connectivity index (χ3v) is 3.26. The number of rotatable bonds is 2. The number of halogens is 1. The van der Waals surface area contributed by atoms with Crippen LogP contribution in [0.3, 0.4) is 0 Å². The van der Waals surface area contributed by atoms with Crippen LogP contribution in [0.1, 0.15) is 0 Å². The van der Waals surface area contributed by atoms with E-state index in [1.54, 1.807) is 6.07 Å². The number of hydrogen-bond donors (Lipinski definition) is 2. The van der Waals surface area contributed by atoms with E-state index in [0.29, 0.717) is 22.0 Å². The number of aromatic amines is 1. The Hall–Kier alpha value is -2.26. The zero-order chi connectivity index (χ0) is 13.2. The summed E-state index contributed by atoms with van der Waals surface area (Å²) in [5.41, 5.74) is 2.64. The molecule has 0 aliphatic carbocycles. The van der Waals surface area contributed by atoms with Crippen molar-refractivity contribution in [3.05, 3.63) is 59.6 Å². The van der Waals surface area contributed by atoms with Crippen LogP contribution in [-0.2, 0) is 0 Å². The summed E-state index contributed by atoms with van der Waals surface area (Å²) in [6, 6.07) is 16.8. The number of aromatic nitrogens is 2. The minimum Gasteiger partial charge on any atom is -0.504 e. The summed E-state index contributed by atoms with van der Waals surface area (Å²) in [7, 11) is 0. The molecule has 0 aliphatic rings. The molecule has 3 nitrogen and oxygen atoms in total. The van der Waals surface area contributed by atoms with Crippen LogP contribution in [0.4, 0.5) is 0 Å². The van der Waals surface area contributed by atoms with Gasteiger partial charge in [0.2, 0.25) is 0 Å². The van der Waals surface area contributed by atoms with Crippen molar-refractivity contribution in [1.82, 2.24) is 10.2 Å². The van der Waals surface area contributed by atoms with Gasteiger partial charge in [0.25, 0.3) is 0 Å². The molecule has 0 saturated heterocycles. The molecule has 19 heavy (non-hydrogen) atoms. The molecule has 1 heterocycles. The standard InChI is InChI=1S/C15H11ClN2O/c16-12-9-5-4-8-11(12)14-15(19)13(17-18-14)10-6-2-1-3-7-10/h1-9,19H,(H,17,18). The highest BCUT2D eigenvalue weighted by atomic mass is 35.5. The first-order valence-corrected chi connectivity index (χ1v) is 6.23. The lowest BCUT2D eigenvalue weighted by atomic mass is 10.1. The van der Waals surface area contributed by atoms with Crippen LogP contribution >= 0.6 is 11.6 Å². The molecule has 94 valence electrons. The first-order valence-electron chi connectivity index (χ1n) is 5.85. The van der Waals surface area contributed by atoms with Gasteiger partial charge in [0.05, 0.1) is 5.02 Å². The highest BCUT2D eigenvalue weighted by Gasteiger charge is 2.16. The minimum absolute atomic E-state index is 0.110. The number of benzene rings is 2. The topological polar surface area (TPSA) is 48.9 Å². The molecule has 0 unspecified atom stereocenters. The van der Waals surface area contributed by atoms with Crippen molar-refractivity contribution in [2.24, 2.45) is 0 Å². The van der Waals surface area contributed by atoms with Crippen LogP contribution in [0, 0.1) is 0 Å². The van der Waals surface area contributed by atoms with Gasteiger partial charge >= 0.3 is 0 Å². The van der Waals surface area contributed by atoms with Gasteiger partial charge in [-0.1, -0.05) is 60.1 Å². The Labute approximate surface area is 115 Å². The van der Waals surface area contributed by atoms with Gasteiger partial charge in [-0.3, -0.25) is 5.10 Å². The molecule has 2 N–H and O–H groups in total. The lowest BCUT2D eigenvalue weighted by molar-refractivity contribution is 0.479. The molecule has 3 rings (SSSR count). The number of nitrogens with zero attached hydrogens (tertiary/aromatic N) is 1. The quantitative estimate of drug-likeness (QED) is 0.736. The average molecular weight is 271 g/mol. The molecular formula is C15H11ClN2O. The van der Waals surface area contributed by atoms with Crippen LogP contribution in [0.2, 0.25) is 5.02 Å². The van der Waals surface area contributed by atoms with Crippen LogP contribution in [0.15, 0.2) is 54.6 Å². The van der Waals surface area contributed by atoms with E-state index in [9.17, 15) is 5.11 Å². The fourth-order valence-corrected chi connectivity index (χ4v) is 2.21. The second-order valence-corrected chi connectivity index (χ2v) is 4.55. The fraction of sp³-hybridized carbons (Fsp3) is 0. The van der Waals surface area contributed by atoms with Crippen molar-refractivity contribution in [2.75, 3.05) is 0 Å². The molecule has 3 aromatic rings. The van der Waals surface area contributed by atoms with E-state index in [4.69, 9.17) is 11.6 Å². The number of hydrogen-bond acceptors (Lipinski definition) is 2. The predicted octanol–water partition coefficient (Wildman–Crippen LogP) is 4.10. The Morgan fingerprint density at radius 3 is 2.37 bits per heavy atom. The SMILES string of the molecule is Oc1c(-c2ccccc2Cl)n[nH]c1-c1ccccc1. The summed E-state index contributed by atoms with van der Waals surface area (Å²) >= 11 is 6.12. The maximum absolute atomic E-state index is 10.3. The highest BCUT2D eigenvalue weighted by Crippen LogP contribution is 2.38. The van der Waals surface area contributed by atoms with Crippen molar-refractivity contribution in [2.45, 2.75) is 0 Å². The van der Waals surface area contributed by atoms with E-state index < -0.39 is 0 Å². The molecule has 0 bridgehead atoms. The summed E-state index contributed by atoms with van der Waals surface area (Å²) < 4.78 is 0. The van der Waals surface area contributed by atoms with Crippen LogP contribution in [-0.4, -0.2) is 15.3 Å². The fourth-order valence-electron chi connectivity index (χ4n) is 1.98. The smallest absolute Gasteiger partial charge is 0.169 e. The summed E-state index contributed by atoms with van der Waals surface area (Å²) in [6.07, 6.45) is 0. The van der Waals surface area contributed by atoms with E-state index >= 15 is 0 Å². The lowest BCUT2D eigenvalue weighted by Crippen LogP contribution is -1.79. The Morgan fingerprint density at radius 2 is 1.63 bits per heavy atom. The van der Waals surface area contributed by atoms with Crippen molar-refractivity contribution in [3.63, 3.8) is 0 Å². The first-order chi connectivity index (χ1) is 9.27. The number of H-pyrrole nitrogens is 1. The van der Waals surface area contributed by atoms with Crippen LogP contribution in [0.5, 0.6) is 5.75 Å². The summed E-state index contributed by atoms with van der Waals surface area (Å²) in [4.78, 5) is 0. The molecule has 0 radical (unpaired) electrons. The van der Waals surface area contributed by atoms with Gasteiger partial charge in [0.15, 0.2) is 5.75 Å². The first kappa shape index (κ1) is 11.8. The molecule has 4 heteroatoms. The predicted molar refractivity (Wildman–Crippen MR) is 76.1 cm³/mol. The van der Waals surface area contributed by atoms with Gasteiger partial charge in [-0.25, -0.2) is 0 Å². The van der Waals surface area contributed by atoms with Crippen LogP contribution in [0.25, 0.3) is 22.5 Å². The largest absolute Gasteiger partial charge is 0.504 e. The highest BCUT2D eigenvalue weighted by molar-refractivity contribution is 6.33. The second kappa shape index (κ2) is 4.78. The van der Waals surface area contributed by atoms with Gasteiger partial charge in [0.1, 0.15) is 11.4 Å². The molecule has 0 amide bonds. The van der Waals surface area contributed by atoms with E-state index in [-0.39, 0.29) is 5.75 Å². The lowest BCUT2D eigenvalue weighted by Gasteiger charge is -2.01. The summed E-state index contributed by atoms with van der Waals surface area (Å²) in [5, 5.41) is 17.9. The van der Waals surface area contributed by atoms with Crippen molar-refractivity contribution >= 4 is 11.6 Å². The van der Waals surface area contributed by atoms with Crippen molar-refractivity contribution in [1.29, 1.82) is 0 Å². The Morgan fingerprint density at radius 1 is 0.947 bits per heavy atom. The molecule has 0 aliphatic heterocycles. The Bertz CT molecular complexity index is 707. The second-order valence-electron chi connectivity index (χ2n) is 4.14. The minimum atomic E-state index is 0.110. The van der Waals surface area contributed by atoms with Gasteiger partial charge < -0.3 is 5.11 Å². The third-order valence-electron chi connectivity index (χ3n) is 2.93. The normalized spacial score (nSPS) is 10.6. The van der Waals surface area contributed by atoms with Gasteiger partial charge in [0, 0.05) is 11.1 Å². The molecule has 1 aromatic heterocycles. The van der Waals surface area contributed by atoms with Gasteiger partial charge in [-0.2, -0.15) is 5.10 Å². The van der Waals surface area contributed by atoms with Crippen LogP contribution < -0.4 is 0 Å². The number of aromatic hydroxyl groups is 1. The zero-order valence-electron chi connectivity index (χ0n) is 9.97. The third kappa shape index (κ3) is 2.09. The van der Waals surface area contributed by atoms with Crippen molar-refractivity contribution < 1.29 is 5.11 Å². The van der Waals surface area contributed by atoms with E-state index in [1.807, 2.05) is 48.5 Å². The number of nitrogens with one attached hydrogen (secondary N) is 1. The molecule has 0 saturated carbocycles. The van der Waals surface area contributed by atoms with Crippen molar-refractivity contribution in [3.8, 4) is 28.3 Å². The summed E-state index contributed by atoms with van der Waals surface area (Å²) in [5.74, 6) is 0.110. The van der Waals surface area contributed by atoms with Gasteiger partial charge in [-0.05, 0) is 6.07 Å². The average Bonchev–Trinajstić information content (AvgIpc) is 2.82. The Balaban J connectivity index is 2.12. The molecule has 0 spiro atoms. The monoisotopic (exact) mass is 270 g/mol. The van der Waals surface area contributed by atoms with E-state index in [2.05, 4.69) is 10.2 Å². The summed E-state index contributed by atoms with van der Waals surface area (Å²) in [6.45, 7) is 0. The maximum Gasteiger partial charge on any atom is 0.169 e. The van der Waals surface area contributed by atoms with E-state index in [0.717, 1.165) is 5.56 Å². The molecule has 0 atom stereocenters. The molecule has 0 fully saturated rings. The molecule has 2 aromatic carbocycles. The van der Waals surface area contributed by atoms with E-state index in [1.165, 1.54) is 0 Å². The zero-order valence-corrected chi connectivity index (χ0v) is 10.7. The van der Waals surface area contributed by atoms with Gasteiger partial charge in [-0.15, -0.1) is 0 Å².